The first kappa shape index (κ1) is 14.3. The molecule has 1 fully saturated rings. The summed E-state index contributed by atoms with van der Waals surface area (Å²) in [6.45, 7) is 2.03. The van der Waals surface area contributed by atoms with Crippen LogP contribution in [0, 0.1) is 5.82 Å². The summed E-state index contributed by atoms with van der Waals surface area (Å²) in [6.07, 6.45) is 4.76. The molecule has 1 nitrogen and oxygen atoms in total. The van der Waals surface area contributed by atoms with Gasteiger partial charge in [-0.2, -0.15) is 0 Å². The second kappa shape index (κ2) is 6.88. The maximum Gasteiger partial charge on any atom is 0.124 e. The molecule has 1 unspecified atom stereocenters. The summed E-state index contributed by atoms with van der Waals surface area (Å²) in [5.41, 5.74) is 1.16. The van der Waals surface area contributed by atoms with Gasteiger partial charge in [-0.05, 0) is 49.9 Å². The van der Waals surface area contributed by atoms with E-state index in [4.69, 9.17) is 11.6 Å². The molecular formula is C14H18BrClFN. The third-order valence-electron chi connectivity index (χ3n) is 3.56. The van der Waals surface area contributed by atoms with Crippen LogP contribution < -0.4 is 0 Å². The Hall–Kier alpha value is -0.120. The van der Waals surface area contributed by atoms with Crippen molar-refractivity contribution < 1.29 is 4.39 Å². The number of hydrogen-bond acceptors (Lipinski definition) is 1. The van der Waals surface area contributed by atoms with Gasteiger partial charge in [-0.1, -0.05) is 22.0 Å². The van der Waals surface area contributed by atoms with Crippen LogP contribution in [0.2, 0.25) is 0 Å². The van der Waals surface area contributed by atoms with Gasteiger partial charge >= 0.3 is 0 Å². The molecule has 1 aromatic rings. The van der Waals surface area contributed by atoms with Gasteiger partial charge < -0.3 is 0 Å². The molecule has 0 radical (unpaired) electrons. The summed E-state index contributed by atoms with van der Waals surface area (Å²) in [5, 5.41) is 0. The first-order valence-corrected chi connectivity index (χ1v) is 7.77. The van der Waals surface area contributed by atoms with Crippen LogP contribution in [-0.4, -0.2) is 23.4 Å². The standard InChI is InChI=1S/C14H18BrClFN/c15-14-9-12(17)6-5-11(14)10-18-8-2-4-13(18)3-1-7-16/h5-6,9,13H,1-4,7-8,10H2. The van der Waals surface area contributed by atoms with Gasteiger partial charge in [-0.25, -0.2) is 4.39 Å². The molecule has 0 N–H and O–H groups in total. The predicted octanol–water partition coefficient (Wildman–Crippen LogP) is 4.57. The van der Waals surface area contributed by atoms with Crippen LogP contribution in [-0.2, 0) is 6.54 Å². The van der Waals surface area contributed by atoms with E-state index in [1.165, 1.54) is 25.3 Å². The van der Waals surface area contributed by atoms with Crippen molar-refractivity contribution in [1.82, 2.24) is 4.90 Å². The first-order chi connectivity index (χ1) is 8.70. The molecule has 1 heterocycles. The molecule has 4 heteroatoms. The zero-order valence-electron chi connectivity index (χ0n) is 10.3. The lowest BCUT2D eigenvalue weighted by molar-refractivity contribution is 0.233. The van der Waals surface area contributed by atoms with Crippen molar-refractivity contribution in [2.45, 2.75) is 38.3 Å². The van der Waals surface area contributed by atoms with E-state index in [1.807, 2.05) is 6.07 Å². The molecule has 1 saturated heterocycles. The molecule has 1 aromatic carbocycles. The molecule has 1 aliphatic heterocycles. The predicted molar refractivity (Wildman–Crippen MR) is 77.5 cm³/mol. The summed E-state index contributed by atoms with van der Waals surface area (Å²) in [5.74, 6) is 0.552. The zero-order valence-corrected chi connectivity index (χ0v) is 12.7. The minimum atomic E-state index is -0.189. The van der Waals surface area contributed by atoms with Crippen LogP contribution in [0.25, 0.3) is 0 Å². The summed E-state index contributed by atoms with van der Waals surface area (Å²) in [7, 11) is 0. The molecule has 0 spiro atoms. The van der Waals surface area contributed by atoms with Crippen molar-refractivity contribution in [3.63, 3.8) is 0 Å². The number of nitrogens with zero attached hydrogens (tertiary/aromatic N) is 1. The Labute approximate surface area is 121 Å². The maximum absolute atomic E-state index is 13.0. The van der Waals surface area contributed by atoms with Crippen molar-refractivity contribution in [1.29, 1.82) is 0 Å². The van der Waals surface area contributed by atoms with Crippen LogP contribution in [0.3, 0.4) is 0 Å². The molecule has 100 valence electrons. The number of rotatable bonds is 5. The summed E-state index contributed by atoms with van der Waals surface area (Å²) in [4.78, 5) is 2.49. The van der Waals surface area contributed by atoms with E-state index < -0.39 is 0 Å². The molecule has 0 bridgehead atoms. The van der Waals surface area contributed by atoms with E-state index in [0.29, 0.717) is 6.04 Å². The molecule has 0 aliphatic carbocycles. The quantitative estimate of drug-likeness (QED) is 0.713. The smallest absolute Gasteiger partial charge is 0.124 e. The molecular weight excluding hydrogens is 317 g/mol. The summed E-state index contributed by atoms with van der Waals surface area (Å²) >= 11 is 9.20. The van der Waals surface area contributed by atoms with Gasteiger partial charge in [0, 0.05) is 22.9 Å². The second-order valence-corrected chi connectivity index (χ2v) is 6.07. The minimum Gasteiger partial charge on any atom is -0.296 e. The third kappa shape index (κ3) is 3.69. The first-order valence-electron chi connectivity index (χ1n) is 6.44. The van der Waals surface area contributed by atoms with E-state index in [2.05, 4.69) is 20.8 Å². The average molecular weight is 335 g/mol. The highest BCUT2D eigenvalue weighted by Gasteiger charge is 2.24. The lowest BCUT2D eigenvalue weighted by Crippen LogP contribution is -2.29. The Balaban J connectivity index is 1.99. The van der Waals surface area contributed by atoms with Crippen LogP contribution in [0.4, 0.5) is 4.39 Å². The maximum atomic E-state index is 13.0. The normalized spacial score (nSPS) is 20.5. The highest BCUT2D eigenvalue weighted by molar-refractivity contribution is 9.10. The highest BCUT2D eigenvalue weighted by atomic mass is 79.9. The topological polar surface area (TPSA) is 3.24 Å². The minimum absolute atomic E-state index is 0.189. The van der Waals surface area contributed by atoms with Gasteiger partial charge in [0.1, 0.15) is 5.82 Å². The van der Waals surface area contributed by atoms with E-state index in [-0.39, 0.29) is 5.82 Å². The molecule has 2 rings (SSSR count). The molecule has 1 aliphatic rings. The third-order valence-corrected chi connectivity index (χ3v) is 4.56. The SMILES string of the molecule is Fc1ccc(CN2CCCC2CCCCl)c(Br)c1. The summed E-state index contributed by atoms with van der Waals surface area (Å²) in [6, 6.07) is 5.58. The van der Waals surface area contributed by atoms with E-state index in [0.717, 1.165) is 35.4 Å². The van der Waals surface area contributed by atoms with Crippen LogP contribution in [0.5, 0.6) is 0 Å². The largest absolute Gasteiger partial charge is 0.296 e. The molecule has 18 heavy (non-hydrogen) atoms. The van der Waals surface area contributed by atoms with Gasteiger partial charge in [-0.3, -0.25) is 4.90 Å². The fourth-order valence-corrected chi connectivity index (χ4v) is 3.24. The lowest BCUT2D eigenvalue weighted by atomic mass is 10.1. The Morgan fingerprint density at radius 2 is 2.28 bits per heavy atom. The number of alkyl halides is 1. The van der Waals surface area contributed by atoms with Gasteiger partial charge in [0.05, 0.1) is 0 Å². The number of benzene rings is 1. The van der Waals surface area contributed by atoms with Gasteiger partial charge in [0.25, 0.3) is 0 Å². The van der Waals surface area contributed by atoms with Crippen molar-refractivity contribution in [3.8, 4) is 0 Å². The lowest BCUT2D eigenvalue weighted by Gasteiger charge is -2.24. The Bertz CT molecular complexity index is 399. The Morgan fingerprint density at radius 1 is 1.44 bits per heavy atom. The van der Waals surface area contributed by atoms with E-state index in [1.54, 1.807) is 6.07 Å². The Kier molecular flexibility index (Phi) is 5.46. The monoisotopic (exact) mass is 333 g/mol. The molecule has 0 amide bonds. The molecule has 1 atom stereocenters. The fourth-order valence-electron chi connectivity index (χ4n) is 2.61. The number of likely N-dealkylation sites (tertiary alicyclic amines) is 1. The van der Waals surface area contributed by atoms with Crippen molar-refractivity contribution in [2.24, 2.45) is 0 Å². The highest BCUT2D eigenvalue weighted by Crippen LogP contribution is 2.26. The number of halogens is 3. The zero-order chi connectivity index (χ0) is 13.0. The van der Waals surface area contributed by atoms with Crippen molar-refractivity contribution in [2.75, 3.05) is 12.4 Å². The second-order valence-electron chi connectivity index (χ2n) is 4.83. The Morgan fingerprint density at radius 3 is 3.00 bits per heavy atom. The van der Waals surface area contributed by atoms with E-state index in [9.17, 15) is 4.39 Å². The van der Waals surface area contributed by atoms with Crippen LogP contribution >= 0.6 is 27.5 Å². The molecule has 0 aromatic heterocycles. The number of hydrogen-bond donors (Lipinski definition) is 0. The van der Waals surface area contributed by atoms with Crippen LogP contribution in [0.15, 0.2) is 22.7 Å². The van der Waals surface area contributed by atoms with Crippen molar-refractivity contribution in [3.05, 3.63) is 34.1 Å². The van der Waals surface area contributed by atoms with Crippen LogP contribution in [0.1, 0.15) is 31.2 Å². The van der Waals surface area contributed by atoms with Gasteiger partial charge in [0.15, 0.2) is 0 Å². The van der Waals surface area contributed by atoms with Crippen molar-refractivity contribution >= 4 is 27.5 Å². The fraction of sp³-hybridized carbons (Fsp3) is 0.571. The summed E-state index contributed by atoms with van der Waals surface area (Å²) < 4.78 is 13.9. The van der Waals surface area contributed by atoms with Gasteiger partial charge in [-0.15, -0.1) is 11.6 Å². The van der Waals surface area contributed by atoms with Gasteiger partial charge in [0.2, 0.25) is 0 Å². The van der Waals surface area contributed by atoms with E-state index >= 15 is 0 Å². The average Bonchev–Trinajstić information content (AvgIpc) is 2.77. The molecule has 0 saturated carbocycles.